The Labute approximate surface area is 191 Å². The Bertz CT molecular complexity index is 1050. The number of halogens is 2. The van der Waals surface area contributed by atoms with Gasteiger partial charge in [-0.3, -0.25) is 0 Å². The number of aliphatic hydroxyl groups excluding tert-OH is 1. The lowest BCUT2D eigenvalue weighted by Crippen LogP contribution is -2.50. The molecule has 1 saturated heterocycles. The number of benzene rings is 3. The molecule has 3 atom stereocenters. The summed E-state index contributed by atoms with van der Waals surface area (Å²) in [5, 5.41) is 17.5. The Balaban J connectivity index is 1.28. The first-order valence-corrected chi connectivity index (χ1v) is 11.1. The van der Waals surface area contributed by atoms with E-state index >= 15 is 0 Å². The van der Waals surface area contributed by atoms with Crippen LogP contribution in [-0.4, -0.2) is 36.7 Å². The zero-order valence-corrected chi connectivity index (χ0v) is 18.0. The SMILES string of the molecule is OC1CC(C(c2ccc(F)cc2)c2ccc(F)cc2)OCC1NCc1ccc2c(c1)NCO2. The average molecular weight is 453 g/mol. The van der Waals surface area contributed by atoms with Gasteiger partial charge in [0.25, 0.3) is 0 Å². The second kappa shape index (κ2) is 9.47. The van der Waals surface area contributed by atoms with Crippen LogP contribution in [0.25, 0.3) is 0 Å². The Kier molecular flexibility index (Phi) is 6.26. The molecule has 2 aliphatic rings. The van der Waals surface area contributed by atoms with E-state index in [0.29, 0.717) is 26.3 Å². The van der Waals surface area contributed by atoms with Gasteiger partial charge < -0.3 is 25.2 Å². The third-order valence-electron chi connectivity index (χ3n) is 6.36. The molecule has 7 heteroatoms. The number of nitrogens with one attached hydrogen (secondary N) is 2. The highest BCUT2D eigenvalue weighted by Gasteiger charge is 2.35. The fraction of sp³-hybridized carbons (Fsp3) is 0.308. The summed E-state index contributed by atoms with van der Waals surface area (Å²) in [7, 11) is 0. The summed E-state index contributed by atoms with van der Waals surface area (Å²) in [6, 6.07) is 18.3. The van der Waals surface area contributed by atoms with Crippen LogP contribution >= 0.6 is 0 Å². The molecule has 3 aromatic carbocycles. The van der Waals surface area contributed by atoms with Crippen LogP contribution in [0.1, 0.15) is 29.0 Å². The maximum Gasteiger partial charge on any atom is 0.159 e. The summed E-state index contributed by atoms with van der Waals surface area (Å²) >= 11 is 0. The normalized spacial score (nSPS) is 22.0. The monoisotopic (exact) mass is 452 g/mol. The van der Waals surface area contributed by atoms with E-state index in [0.717, 1.165) is 28.1 Å². The topological polar surface area (TPSA) is 62.8 Å². The molecule has 0 aromatic heterocycles. The van der Waals surface area contributed by atoms with Crippen LogP contribution in [0.4, 0.5) is 14.5 Å². The van der Waals surface area contributed by atoms with Crippen LogP contribution in [-0.2, 0) is 11.3 Å². The van der Waals surface area contributed by atoms with Gasteiger partial charge >= 0.3 is 0 Å². The second-order valence-corrected chi connectivity index (χ2v) is 8.54. The molecule has 172 valence electrons. The second-order valence-electron chi connectivity index (χ2n) is 8.54. The first-order valence-electron chi connectivity index (χ1n) is 11.1. The van der Waals surface area contributed by atoms with Crippen molar-refractivity contribution in [2.45, 2.75) is 37.1 Å². The van der Waals surface area contributed by atoms with Crippen LogP contribution in [0.5, 0.6) is 5.75 Å². The number of fused-ring (bicyclic) bond motifs is 1. The van der Waals surface area contributed by atoms with Gasteiger partial charge in [0, 0.05) is 18.9 Å². The largest absolute Gasteiger partial charge is 0.471 e. The highest BCUT2D eigenvalue weighted by Crippen LogP contribution is 2.35. The molecule has 2 heterocycles. The number of rotatable bonds is 6. The average Bonchev–Trinajstić information content (AvgIpc) is 3.29. The first kappa shape index (κ1) is 21.8. The number of hydrogen-bond donors (Lipinski definition) is 3. The molecule has 0 aliphatic carbocycles. The Hall–Kier alpha value is -3.00. The van der Waals surface area contributed by atoms with E-state index in [1.165, 1.54) is 24.3 Å². The van der Waals surface area contributed by atoms with E-state index in [4.69, 9.17) is 9.47 Å². The molecule has 5 rings (SSSR count). The summed E-state index contributed by atoms with van der Waals surface area (Å²) in [4.78, 5) is 0. The van der Waals surface area contributed by atoms with Crippen molar-refractivity contribution in [1.29, 1.82) is 0 Å². The molecule has 5 nitrogen and oxygen atoms in total. The Morgan fingerprint density at radius 1 is 0.970 bits per heavy atom. The van der Waals surface area contributed by atoms with Gasteiger partial charge in [-0.15, -0.1) is 0 Å². The van der Waals surface area contributed by atoms with Crippen molar-refractivity contribution in [3.8, 4) is 5.75 Å². The summed E-state index contributed by atoms with van der Waals surface area (Å²) in [5.41, 5.74) is 3.77. The lowest BCUT2D eigenvalue weighted by atomic mass is 9.82. The zero-order valence-electron chi connectivity index (χ0n) is 18.0. The van der Waals surface area contributed by atoms with Crippen LogP contribution in [0, 0.1) is 11.6 Å². The van der Waals surface area contributed by atoms with Gasteiger partial charge in [-0.2, -0.15) is 0 Å². The number of anilines is 1. The van der Waals surface area contributed by atoms with Gasteiger partial charge in [-0.1, -0.05) is 30.3 Å². The predicted octanol–water partition coefficient (Wildman–Crippen LogP) is 4.17. The van der Waals surface area contributed by atoms with Gasteiger partial charge in [0.1, 0.15) is 17.4 Å². The van der Waals surface area contributed by atoms with Gasteiger partial charge in [0.2, 0.25) is 0 Å². The first-order chi connectivity index (χ1) is 16.1. The molecule has 0 saturated carbocycles. The van der Waals surface area contributed by atoms with Crippen LogP contribution in [0.2, 0.25) is 0 Å². The highest BCUT2D eigenvalue weighted by atomic mass is 19.1. The lowest BCUT2D eigenvalue weighted by Gasteiger charge is -2.38. The van der Waals surface area contributed by atoms with Crippen molar-refractivity contribution in [3.63, 3.8) is 0 Å². The fourth-order valence-corrected chi connectivity index (χ4v) is 4.59. The molecule has 0 amide bonds. The molecule has 0 radical (unpaired) electrons. The Morgan fingerprint density at radius 3 is 2.27 bits per heavy atom. The van der Waals surface area contributed by atoms with Crippen molar-refractivity contribution in [2.24, 2.45) is 0 Å². The predicted molar refractivity (Wildman–Crippen MR) is 121 cm³/mol. The minimum Gasteiger partial charge on any atom is -0.471 e. The van der Waals surface area contributed by atoms with Crippen molar-refractivity contribution in [3.05, 3.63) is 95.1 Å². The molecular weight excluding hydrogens is 426 g/mol. The van der Waals surface area contributed by atoms with Gasteiger partial charge in [-0.05, 0) is 53.1 Å². The Morgan fingerprint density at radius 2 is 1.64 bits per heavy atom. The van der Waals surface area contributed by atoms with Gasteiger partial charge in [-0.25, -0.2) is 8.78 Å². The van der Waals surface area contributed by atoms with Crippen molar-refractivity contribution >= 4 is 5.69 Å². The number of hydrogen-bond acceptors (Lipinski definition) is 5. The summed E-state index contributed by atoms with van der Waals surface area (Å²) in [6.45, 7) is 1.40. The zero-order chi connectivity index (χ0) is 22.8. The molecule has 3 aromatic rings. The number of aliphatic hydroxyl groups is 1. The minimum atomic E-state index is -0.622. The summed E-state index contributed by atoms with van der Waals surface area (Å²) in [6.07, 6.45) is -0.547. The molecule has 0 bridgehead atoms. The maximum absolute atomic E-state index is 13.5. The third-order valence-corrected chi connectivity index (χ3v) is 6.36. The van der Waals surface area contributed by atoms with Crippen molar-refractivity contribution in [1.82, 2.24) is 5.32 Å². The summed E-state index contributed by atoms with van der Waals surface area (Å²) < 4.78 is 38.7. The molecule has 3 unspecified atom stereocenters. The molecule has 1 fully saturated rings. The van der Waals surface area contributed by atoms with Crippen molar-refractivity contribution < 1.29 is 23.4 Å². The van der Waals surface area contributed by atoms with Crippen LogP contribution in [0.3, 0.4) is 0 Å². The lowest BCUT2D eigenvalue weighted by molar-refractivity contribution is -0.0718. The molecule has 0 spiro atoms. The molecule has 33 heavy (non-hydrogen) atoms. The smallest absolute Gasteiger partial charge is 0.159 e. The highest BCUT2D eigenvalue weighted by molar-refractivity contribution is 5.60. The fourth-order valence-electron chi connectivity index (χ4n) is 4.59. The number of ether oxygens (including phenoxy) is 2. The van der Waals surface area contributed by atoms with Gasteiger partial charge in [0.15, 0.2) is 6.73 Å². The van der Waals surface area contributed by atoms with Crippen LogP contribution < -0.4 is 15.4 Å². The van der Waals surface area contributed by atoms with E-state index in [-0.39, 0.29) is 29.7 Å². The van der Waals surface area contributed by atoms with E-state index in [9.17, 15) is 13.9 Å². The van der Waals surface area contributed by atoms with Gasteiger partial charge in [0.05, 0.1) is 30.5 Å². The van der Waals surface area contributed by atoms with E-state index < -0.39 is 6.10 Å². The van der Waals surface area contributed by atoms with E-state index in [1.54, 1.807) is 24.3 Å². The standard InChI is InChI=1S/C26H26F2N2O3/c27-19-6-2-17(3-7-19)26(18-4-8-20(28)9-5-18)25-12-23(31)22(14-32-25)29-13-16-1-10-24-21(11-16)30-15-33-24/h1-11,22-23,25-26,29-31H,12-15H2. The quantitative estimate of drug-likeness (QED) is 0.524. The molecule has 2 aliphatic heterocycles. The van der Waals surface area contributed by atoms with E-state index in [1.807, 2.05) is 18.2 Å². The third kappa shape index (κ3) is 4.85. The van der Waals surface area contributed by atoms with Crippen molar-refractivity contribution in [2.75, 3.05) is 18.7 Å². The van der Waals surface area contributed by atoms with Crippen LogP contribution in [0.15, 0.2) is 66.7 Å². The molecule has 3 N–H and O–H groups in total. The maximum atomic E-state index is 13.5. The van der Waals surface area contributed by atoms with E-state index in [2.05, 4.69) is 10.6 Å². The minimum absolute atomic E-state index is 0.221. The molecular formula is C26H26F2N2O3. The summed E-state index contributed by atoms with van der Waals surface area (Å²) in [5.74, 6) is -0.0441.